The molecule has 2 aromatic carbocycles. The van der Waals surface area contributed by atoms with Crippen molar-refractivity contribution in [3.05, 3.63) is 95.8 Å². The number of rotatable bonds is 7. The van der Waals surface area contributed by atoms with Gasteiger partial charge in [0, 0.05) is 30.4 Å². The largest absolute Gasteiger partial charge is 0.418 e. The van der Waals surface area contributed by atoms with E-state index in [2.05, 4.69) is 10.3 Å². The van der Waals surface area contributed by atoms with Crippen LogP contribution >= 0.6 is 0 Å². The first-order valence-corrected chi connectivity index (χ1v) is 11.5. The molecule has 6 nitrogen and oxygen atoms in total. The second-order valence-electron chi connectivity index (χ2n) is 8.63. The van der Waals surface area contributed by atoms with Crippen LogP contribution in [0.1, 0.15) is 21.6 Å². The van der Waals surface area contributed by atoms with E-state index in [1.54, 1.807) is 48.5 Å². The van der Waals surface area contributed by atoms with Gasteiger partial charge in [-0.3, -0.25) is 4.79 Å². The fourth-order valence-electron chi connectivity index (χ4n) is 3.95. The average molecular weight is 504 g/mol. The van der Waals surface area contributed by atoms with E-state index in [9.17, 15) is 18.0 Å². The van der Waals surface area contributed by atoms with Crippen LogP contribution in [0.4, 0.5) is 13.2 Å². The molecule has 0 aliphatic heterocycles. The number of carbonyl (C=O) groups is 1. The minimum atomic E-state index is -4.58. The number of para-hydroxylation sites is 1. The Balaban J connectivity index is 1.80. The van der Waals surface area contributed by atoms with Crippen molar-refractivity contribution in [3.63, 3.8) is 0 Å². The fraction of sp³-hybridized carbons (Fsp3) is 0.179. The van der Waals surface area contributed by atoms with Crippen LogP contribution in [0.5, 0.6) is 0 Å². The molecule has 0 aliphatic rings. The highest BCUT2D eigenvalue weighted by Crippen LogP contribution is 2.39. The summed E-state index contributed by atoms with van der Waals surface area (Å²) in [5.41, 5.74) is 2.01. The molecule has 0 saturated carbocycles. The highest BCUT2D eigenvalue weighted by atomic mass is 19.4. The first-order chi connectivity index (χ1) is 17.7. The predicted octanol–water partition coefficient (Wildman–Crippen LogP) is 5.39. The van der Waals surface area contributed by atoms with Gasteiger partial charge in [-0.25, -0.2) is 4.98 Å². The topological polar surface area (TPSA) is 74.0 Å². The summed E-state index contributed by atoms with van der Waals surface area (Å²) < 4.78 is 43.5. The Morgan fingerprint density at radius 2 is 1.62 bits per heavy atom. The number of hydrogen-bond acceptors (Lipinski definition) is 4. The molecule has 1 N–H and O–H groups in total. The van der Waals surface area contributed by atoms with Crippen LogP contribution in [0, 0.1) is 11.3 Å². The molecule has 0 saturated heterocycles. The molecular formula is C28H24F3N5O. The Labute approximate surface area is 212 Å². The van der Waals surface area contributed by atoms with E-state index in [0.29, 0.717) is 41.2 Å². The lowest BCUT2D eigenvalue weighted by Crippen LogP contribution is -2.31. The number of aromatic nitrogens is 2. The minimum Gasteiger partial charge on any atom is -0.351 e. The van der Waals surface area contributed by atoms with Crippen LogP contribution in [-0.2, 0) is 6.18 Å². The van der Waals surface area contributed by atoms with Gasteiger partial charge in [-0.1, -0.05) is 24.3 Å². The van der Waals surface area contributed by atoms with Crippen LogP contribution in [0.3, 0.4) is 0 Å². The zero-order valence-electron chi connectivity index (χ0n) is 20.3. The summed E-state index contributed by atoms with van der Waals surface area (Å²) in [7, 11) is 3.82. The van der Waals surface area contributed by atoms with Crippen molar-refractivity contribution >= 4 is 5.91 Å². The Kier molecular flexibility index (Phi) is 7.41. The summed E-state index contributed by atoms with van der Waals surface area (Å²) in [6.45, 7) is 1.19. The molecule has 4 aromatic rings. The molecule has 0 fully saturated rings. The third kappa shape index (κ3) is 5.71. The van der Waals surface area contributed by atoms with Gasteiger partial charge in [0.2, 0.25) is 0 Å². The van der Waals surface area contributed by atoms with Crippen LogP contribution in [-0.4, -0.2) is 47.5 Å². The minimum absolute atomic E-state index is 0.0418. The van der Waals surface area contributed by atoms with E-state index in [0.717, 1.165) is 6.07 Å². The Morgan fingerprint density at radius 3 is 2.22 bits per heavy atom. The highest BCUT2D eigenvalue weighted by molar-refractivity contribution is 5.94. The smallest absolute Gasteiger partial charge is 0.351 e. The molecule has 9 heteroatoms. The van der Waals surface area contributed by atoms with Gasteiger partial charge in [0.1, 0.15) is 11.8 Å². The van der Waals surface area contributed by atoms with Crippen molar-refractivity contribution in [2.75, 3.05) is 27.2 Å². The highest BCUT2D eigenvalue weighted by Gasteiger charge is 2.34. The molecule has 2 heterocycles. The lowest BCUT2D eigenvalue weighted by Gasteiger charge is -2.19. The summed E-state index contributed by atoms with van der Waals surface area (Å²) in [5.74, 6) is -0.226. The van der Waals surface area contributed by atoms with E-state index < -0.39 is 11.7 Å². The summed E-state index contributed by atoms with van der Waals surface area (Å²) in [4.78, 5) is 18.5. The predicted molar refractivity (Wildman–Crippen MR) is 135 cm³/mol. The number of likely N-dealkylation sites (N-methyl/N-ethyl adjacent to an activating group) is 1. The van der Waals surface area contributed by atoms with E-state index in [4.69, 9.17) is 5.26 Å². The maximum atomic E-state index is 14.0. The van der Waals surface area contributed by atoms with Gasteiger partial charge < -0.3 is 14.8 Å². The molecule has 1 amide bonds. The standard InChI is InChI=1S/C28H24F3N5O/c1-35(2)16-15-33-27(37)20-9-7-19(8-10-20)24-13-14-25(21-11-12-22(17-32)34-18-21)36(24)26-6-4-3-5-23(26)28(29,30)31/h3-14,18H,15-16H2,1-2H3,(H,33,37). The van der Waals surface area contributed by atoms with Gasteiger partial charge in [0.15, 0.2) is 0 Å². The molecule has 0 unspecified atom stereocenters. The molecule has 188 valence electrons. The lowest BCUT2D eigenvalue weighted by atomic mass is 10.1. The summed E-state index contributed by atoms with van der Waals surface area (Å²) in [6.07, 6.45) is -3.11. The van der Waals surface area contributed by atoms with Gasteiger partial charge in [0.05, 0.1) is 22.6 Å². The van der Waals surface area contributed by atoms with Crippen molar-refractivity contribution in [3.8, 4) is 34.3 Å². The second kappa shape index (κ2) is 10.7. The van der Waals surface area contributed by atoms with E-state index >= 15 is 0 Å². The number of nitriles is 1. The van der Waals surface area contributed by atoms with Crippen LogP contribution in [0.25, 0.3) is 28.2 Å². The molecule has 0 atom stereocenters. The average Bonchev–Trinajstić information content (AvgIpc) is 3.33. The fourth-order valence-corrected chi connectivity index (χ4v) is 3.95. The molecule has 0 radical (unpaired) electrons. The number of carbonyl (C=O) groups excluding carboxylic acids is 1. The molecule has 2 aromatic heterocycles. The summed E-state index contributed by atoms with van der Waals surface area (Å²) in [6, 6.07) is 20.6. The third-order valence-electron chi connectivity index (χ3n) is 5.79. The quantitative estimate of drug-likeness (QED) is 0.367. The first-order valence-electron chi connectivity index (χ1n) is 11.5. The number of benzene rings is 2. The van der Waals surface area contributed by atoms with Crippen LogP contribution in [0.2, 0.25) is 0 Å². The van der Waals surface area contributed by atoms with E-state index in [-0.39, 0.29) is 17.3 Å². The number of pyridine rings is 1. The number of alkyl halides is 3. The maximum Gasteiger partial charge on any atom is 0.418 e. The van der Waals surface area contributed by atoms with E-state index in [1.807, 2.05) is 25.1 Å². The van der Waals surface area contributed by atoms with E-state index in [1.165, 1.54) is 29.0 Å². The number of hydrogen-bond donors (Lipinski definition) is 1. The summed E-state index contributed by atoms with van der Waals surface area (Å²) >= 11 is 0. The normalized spacial score (nSPS) is 11.4. The lowest BCUT2D eigenvalue weighted by molar-refractivity contribution is -0.137. The summed E-state index contributed by atoms with van der Waals surface area (Å²) in [5, 5.41) is 11.9. The molecule has 37 heavy (non-hydrogen) atoms. The number of halogens is 3. The van der Waals surface area contributed by atoms with Gasteiger partial charge in [-0.05, 0) is 68.2 Å². The van der Waals surface area contributed by atoms with Gasteiger partial charge in [0.25, 0.3) is 5.91 Å². The molecular weight excluding hydrogens is 479 g/mol. The zero-order chi connectivity index (χ0) is 26.6. The van der Waals surface area contributed by atoms with Gasteiger partial charge in [-0.15, -0.1) is 0 Å². The maximum absolute atomic E-state index is 14.0. The third-order valence-corrected chi connectivity index (χ3v) is 5.79. The number of nitrogens with zero attached hydrogens (tertiary/aromatic N) is 4. The Morgan fingerprint density at radius 1 is 0.973 bits per heavy atom. The monoisotopic (exact) mass is 503 g/mol. The first kappa shape index (κ1) is 25.7. The van der Waals surface area contributed by atoms with Crippen molar-refractivity contribution in [2.24, 2.45) is 0 Å². The van der Waals surface area contributed by atoms with Crippen LogP contribution in [0.15, 0.2) is 79.0 Å². The van der Waals surface area contributed by atoms with Crippen LogP contribution < -0.4 is 5.32 Å². The SMILES string of the molecule is CN(C)CCNC(=O)c1ccc(-c2ccc(-c3ccc(C#N)nc3)n2-c2ccccc2C(F)(F)F)cc1. The Hall–Kier alpha value is -4.42. The number of nitrogens with one attached hydrogen (secondary N) is 1. The zero-order valence-corrected chi connectivity index (χ0v) is 20.3. The Bertz CT molecular complexity index is 1430. The molecule has 0 aliphatic carbocycles. The van der Waals surface area contributed by atoms with Gasteiger partial charge >= 0.3 is 6.18 Å². The second-order valence-corrected chi connectivity index (χ2v) is 8.63. The van der Waals surface area contributed by atoms with Crippen molar-refractivity contribution in [1.82, 2.24) is 19.8 Å². The van der Waals surface area contributed by atoms with Crippen molar-refractivity contribution in [2.45, 2.75) is 6.18 Å². The number of amides is 1. The van der Waals surface area contributed by atoms with Crippen molar-refractivity contribution < 1.29 is 18.0 Å². The molecule has 0 bridgehead atoms. The molecule has 0 spiro atoms. The van der Waals surface area contributed by atoms with Crippen molar-refractivity contribution in [1.29, 1.82) is 5.26 Å². The van der Waals surface area contributed by atoms with Gasteiger partial charge in [-0.2, -0.15) is 18.4 Å². The molecule has 4 rings (SSSR count).